The number of nitrogens with one attached hydrogen (secondary N) is 1. The molecule has 0 radical (unpaired) electrons. The number of anilines is 1. The highest BCUT2D eigenvalue weighted by Crippen LogP contribution is 2.27. The number of hydrogen-bond acceptors (Lipinski definition) is 4. The molecule has 0 aliphatic carbocycles. The van der Waals surface area contributed by atoms with Gasteiger partial charge in [-0.2, -0.15) is 5.10 Å². The maximum Gasteiger partial charge on any atom is 0.160 e. The largest absolute Gasteiger partial charge is 0.389 e. The van der Waals surface area contributed by atoms with Crippen molar-refractivity contribution in [2.45, 2.75) is 6.10 Å². The van der Waals surface area contributed by atoms with Gasteiger partial charge in [-0.25, -0.2) is 4.98 Å². The molecule has 0 aromatic carbocycles. The topological polar surface area (TPSA) is 65.0 Å². The molecule has 1 aliphatic rings. The lowest BCUT2D eigenvalue weighted by Gasteiger charge is -2.36. The minimum atomic E-state index is -0.239. The number of aromatic amines is 1. The third-order valence-electron chi connectivity index (χ3n) is 2.56. The Morgan fingerprint density at radius 1 is 1.53 bits per heavy atom. The van der Waals surface area contributed by atoms with E-state index in [1.807, 2.05) is 4.90 Å². The molecule has 5 nitrogen and oxygen atoms in total. The molecule has 1 aliphatic heterocycles. The van der Waals surface area contributed by atoms with E-state index < -0.39 is 0 Å². The number of aliphatic hydroxyl groups excluding tert-OH is 1. The van der Waals surface area contributed by atoms with Crippen molar-refractivity contribution in [3.63, 3.8) is 0 Å². The van der Waals surface area contributed by atoms with Gasteiger partial charge >= 0.3 is 0 Å². The van der Waals surface area contributed by atoms with Crippen LogP contribution in [0.5, 0.6) is 0 Å². The van der Waals surface area contributed by atoms with E-state index >= 15 is 0 Å². The summed E-state index contributed by atoms with van der Waals surface area (Å²) in [6.45, 7) is 1.26. The van der Waals surface area contributed by atoms with Crippen molar-refractivity contribution in [3.8, 4) is 0 Å². The second-order valence-electron chi connectivity index (χ2n) is 3.66. The molecular formula is C9H9ClN4O. The van der Waals surface area contributed by atoms with Crippen molar-refractivity contribution in [2.75, 3.05) is 18.0 Å². The summed E-state index contributed by atoms with van der Waals surface area (Å²) in [5.74, 6) is 0.833. The molecule has 2 N–H and O–H groups in total. The van der Waals surface area contributed by atoms with Gasteiger partial charge < -0.3 is 10.0 Å². The fraction of sp³-hybridized carbons (Fsp3) is 0.333. The Kier molecular flexibility index (Phi) is 1.83. The highest BCUT2D eigenvalue weighted by atomic mass is 35.5. The molecule has 0 atom stereocenters. The predicted octanol–water partition coefficient (Wildman–Crippen LogP) is 0.792. The van der Waals surface area contributed by atoms with Crippen LogP contribution in [0.15, 0.2) is 12.3 Å². The van der Waals surface area contributed by atoms with Crippen molar-refractivity contribution >= 4 is 28.3 Å². The molecule has 6 heteroatoms. The summed E-state index contributed by atoms with van der Waals surface area (Å²) in [5.41, 5.74) is 0.867. The van der Waals surface area contributed by atoms with E-state index in [9.17, 15) is 5.11 Å². The number of aliphatic hydroxyl groups is 1. The molecule has 1 saturated heterocycles. The summed E-state index contributed by atoms with van der Waals surface area (Å²) in [6, 6.07) is 1.74. The number of rotatable bonds is 1. The van der Waals surface area contributed by atoms with Crippen LogP contribution in [0.1, 0.15) is 0 Å². The summed E-state index contributed by atoms with van der Waals surface area (Å²) in [4.78, 5) is 6.02. The number of H-pyrrole nitrogens is 1. The molecule has 0 spiro atoms. The van der Waals surface area contributed by atoms with Gasteiger partial charge in [0.1, 0.15) is 5.15 Å². The first-order valence-corrected chi connectivity index (χ1v) is 5.04. The zero-order valence-electron chi connectivity index (χ0n) is 7.81. The highest BCUT2D eigenvalue weighted by molar-refractivity contribution is 6.30. The van der Waals surface area contributed by atoms with Crippen molar-refractivity contribution < 1.29 is 5.11 Å². The molecule has 0 amide bonds. The van der Waals surface area contributed by atoms with Crippen molar-refractivity contribution in [3.05, 3.63) is 17.4 Å². The van der Waals surface area contributed by atoms with Gasteiger partial charge in [0, 0.05) is 25.4 Å². The van der Waals surface area contributed by atoms with E-state index in [-0.39, 0.29) is 6.10 Å². The summed E-state index contributed by atoms with van der Waals surface area (Å²) in [7, 11) is 0. The molecule has 78 valence electrons. The van der Waals surface area contributed by atoms with Crippen LogP contribution in [0.2, 0.25) is 5.15 Å². The van der Waals surface area contributed by atoms with Gasteiger partial charge in [-0.05, 0) is 0 Å². The standard InChI is InChI=1S/C9H9ClN4O/c10-8-1-7-6(2-11-8)9(13-12-7)14-3-5(15)4-14/h1-2,5,15H,3-4H2,(H,12,13). The van der Waals surface area contributed by atoms with E-state index in [1.54, 1.807) is 12.3 Å². The van der Waals surface area contributed by atoms with Crippen LogP contribution in [0.3, 0.4) is 0 Å². The number of nitrogens with zero attached hydrogens (tertiary/aromatic N) is 3. The van der Waals surface area contributed by atoms with Crippen LogP contribution < -0.4 is 4.90 Å². The predicted molar refractivity (Wildman–Crippen MR) is 57.1 cm³/mol. The number of halogens is 1. The van der Waals surface area contributed by atoms with Gasteiger partial charge in [-0.3, -0.25) is 5.10 Å². The maximum atomic E-state index is 9.22. The summed E-state index contributed by atoms with van der Waals surface area (Å²) >= 11 is 5.77. The minimum absolute atomic E-state index is 0.239. The molecule has 0 saturated carbocycles. The number of β-amino-alcohol motifs (C(OH)–C–C–N with tert-alkyl or cyclic N) is 1. The molecule has 1 fully saturated rings. The highest BCUT2D eigenvalue weighted by Gasteiger charge is 2.27. The van der Waals surface area contributed by atoms with Crippen LogP contribution in [-0.2, 0) is 0 Å². The molecule has 3 heterocycles. The molecule has 2 aromatic rings. The fourth-order valence-corrected chi connectivity index (χ4v) is 1.90. The Bertz CT molecular complexity index is 506. The van der Waals surface area contributed by atoms with Gasteiger partial charge in [0.25, 0.3) is 0 Å². The first-order chi connectivity index (χ1) is 7.24. The summed E-state index contributed by atoms with van der Waals surface area (Å²) < 4.78 is 0. The molecule has 0 unspecified atom stereocenters. The quantitative estimate of drug-likeness (QED) is 0.703. The lowest BCUT2D eigenvalue weighted by molar-refractivity contribution is 0.141. The first kappa shape index (κ1) is 8.94. The summed E-state index contributed by atoms with van der Waals surface area (Å²) in [6.07, 6.45) is 1.46. The smallest absolute Gasteiger partial charge is 0.160 e. The number of pyridine rings is 1. The van der Waals surface area contributed by atoms with E-state index in [2.05, 4.69) is 15.2 Å². The van der Waals surface area contributed by atoms with E-state index in [0.717, 1.165) is 16.7 Å². The van der Waals surface area contributed by atoms with Gasteiger partial charge in [0.15, 0.2) is 5.82 Å². The minimum Gasteiger partial charge on any atom is -0.389 e. The number of hydrogen-bond donors (Lipinski definition) is 2. The van der Waals surface area contributed by atoms with Crippen LogP contribution in [0, 0.1) is 0 Å². The lowest BCUT2D eigenvalue weighted by atomic mass is 10.1. The average Bonchev–Trinajstić information content (AvgIpc) is 2.55. The normalized spacial score (nSPS) is 17.1. The lowest BCUT2D eigenvalue weighted by Crippen LogP contribution is -2.51. The van der Waals surface area contributed by atoms with Crippen LogP contribution in [-0.4, -0.2) is 39.5 Å². The first-order valence-electron chi connectivity index (χ1n) is 4.66. The fourth-order valence-electron chi connectivity index (χ4n) is 1.74. The Balaban J connectivity index is 2.05. The number of fused-ring (bicyclic) bond motifs is 1. The maximum absolute atomic E-state index is 9.22. The SMILES string of the molecule is OC1CN(c2n[nH]c3cc(Cl)ncc23)C1. The van der Waals surface area contributed by atoms with Crippen molar-refractivity contribution in [1.29, 1.82) is 0 Å². The Labute approximate surface area is 90.7 Å². The van der Waals surface area contributed by atoms with E-state index in [0.29, 0.717) is 18.2 Å². The zero-order valence-corrected chi connectivity index (χ0v) is 8.57. The van der Waals surface area contributed by atoms with Crippen molar-refractivity contribution in [1.82, 2.24) is 15.2 Å². The molecule has 15 heavy (non-hydrogen) atoms. The van der Waals surface area contributed by atoms with Gasteiger partial charge in [-0.15, -0.1) is 0 Å². The van der Waals surface area contributed by atoms with Gasteiger partial charge in [-0.1, -0.05) is 11.6 Å². The van der Waals surface area contributed by atoms with E-state index in [4.69, 9.17) is 11.6 Å². The Morgan fingerprint density at radius 2 is 2.33 bits per heavy atom. The molecule has 3 rings (SSSR count). The van der Waals surface area contributed by atoms with Crippen LogP contribution in [0.25, 0.3) is 10.9 Å². The van der Waals surface area contributed by atoms with Gasteiger partial charge in [0.05, 0.1) is 17.0 Å². The molecule has 2 aromatic heterocycles. The van der Waals surface area contributed by atoms with Crippen molar-refractivity contribution in [2.24, 2.45) is 0 Å². The van der Waals surface area contributed by atoms with Crippen LogP contribution in [0.4, 0.5) is 5.82 Å². The van der Waals surface area contributed by atoms with Crippen LogP contribution >= 0.6 is 11.6 Å². The second kappa shape index (κ2) is 3.08. The van der Waals surface area contributed by atoms with Gasteiger partial charge in [0.2, 0.25) is 0 Å². The second-order valence-corrected chi connectivity index (χ2v) is 4.05. The monoisotopic (exact) mass is 224 g/mol. The summed E-state index contributed by atoms with van der Waals surface area (Å²) in [5, 5.41) is 17.7. The Hall–Kier alpha value is -1.33. The Morgan fingerprint density at radius 3 is 3.07 bits per heavy atom. The third-order valence-corrected chi connectivity index (χ3v) is 2.76. The average molecular weight is 225 g/mol. The zero-order chi connectivity index (χ0) is 10.4. The molecular weight excluding hydrogens is 216 g/mol. The number of aromatic nitrogens is 3. The molecule has 0 bridgehead atoms. The third kappa shape index (κ3) is 1.35. The van der Waals surface area contributed by atoms with E-state index in [1.165, 1.54) is 0 Å².